The minimum atomic E-state index is -0.577. The largest absolute Gasteiger partial charge is 0.393 e. The molecule has 102 valence electrons. The van der Waals surface area contributed by atoms with Gasteiger partial charge < -0.3 is 16.0 Å². The number of carbonyl (C=O) groups is 1. The second kappa shape index (κ2) is 5.23. The normalized spacial score (nSPS) is 19.2. The van der Waals surface area contributed by atoms with Gasteiger partial charge in [0.1, 0.15) is 5.69 Å². The summed E-state index contributed by atoms with van der Waals surface area (Å²) in [6, 6.07) is 4.51. The van der Waals surface area contributed by atoms with Gasteiger partial charge in [0.25, 0.3) is 11.6 Å². The summed E-state index contributed by atoms with van der Waals surface area (Å²) in [7, 11) is 0. The number of carbonyl (C=O) groups excluding carboxylic acids is 1. The minimum absolute atomic E-state index is 0.0660. The quantitative estimate of drug-likeness (QED) is 0.463. The maximum absolute atomic E-state index is 12.3. The molecule has 19 heavy (non-hydrogen) atoms. The minimum Gasteiger partial charge on any atom is -0.393 e. The monoisotopic (exact) mass is 264 g/mol. The summed E-state index contributed by atoms with van der Waals surface area (Å²) >= 11 is 0. The van der Waals surface area contributed by atoms with Crippen LogP contribution in [0.15, 0.2) is 18.2 Å². The zero-order valence-electron chi connectivity index (χ0n) is 10.6. The number of para-hydroxylation sites is 1. The molecule has 1 aliphatic heterocycles. The molecule has 7 nitrogen and oxygen atoms in total. The molecule has 0 aliphatic carbocycles. The molecule has 2 rings (SSSR count). The summed E-state index contributed by atoms with van der Waals surface area (Å²) in [5.74, 6) is -0.255. The van der Waals surface area contributed by atoms with E-state index in [4.69, 9.17) is 5.73 Å². The van der Waals surface area contributed by atoms with Crippen molar-refractivity contribution in [2.75, 3.05) is 25.4 Å². The van der Waals surface area contributed by atoms with E-state index in [-0.39, 0.29) is 28.9 Å². The highest BCUT2D eigenvalue weighted by Crippen LogP contribution is 2.26. The highest BCUT2D eigenvalue weighted by molar-refractivity contribution is 6.01. The highest BCUT2D eigenvalue weighted by Gasteiger charge is 2.25. The number of hydrogen-bond acceptors (Lipinski definition) is 5. The predicted octanol–water partition coefficient (Wildman–Crippen LogP) is 0.611. The number of anilines is 1. The van der Waals surface area contributed by atoms with Gasteiger partial charge in [0.15, 0.2) is 0 Å². The molecular formula is C12H16N4O3. The molecule has 1 aromatic rings. The highest BCUT2D eigenvalue weighted by atomic mass is 16.6. The molecule has 1 heterocycles. The Bertz CT molecular complexity index is 518. The van der Waals surface area contributed by atoms with Crippen molar-refractivity contribution in [2.24, 2.45) is 0 Å². The third kappa shape index (κ3) is 2.65. The maximum Gasteiger partial charge on any atom is 0.292 e. The van der Waals surface area contributed by atoms with E-state index in [0.29, 0.717) is 19.6 Å². The van der Waals surface area contributed by atoms with E-state index in [1.165, 1.54) is 18.2 Å². The molecule has 1 aromatic carbocycles. The van der Waals surface area contributed by atoms with E-state index in [1.807, 2.05) is 6.92 Å². The average molecular weight is 264 g/mol. The van der Waals surface area contributed by atoms with Gasteiger partial charge in [-0.3, -0.25) is 14.9 Å². The van der Waals surface area contributed by atoms with Gasteiger partial charge >= 0.3 is 0 Å². The van der Waals surface area contributed by atoms with Gasteiger partial charge in [-0.05, 0) is 13.0 Å². The maximum atomic E-state index is 12.3. The molecule has 1 atom stereocenters. The van der Waals surface area contributed by atoms with Crippen molar-refractivity contribution in [3.05, 3.63) is 33.9 Å². The number of nitrogens with one attached hydrogen (secondary N) is 1. The molecule has 7 heteroatoms. The van der Waals surface area contributed by atoms with Gasteiger partial charge in [-0.1, -0.05) is 6.07 Å². The number of nitro groups is 1. The van der Waals surface area contributed by atoms with Crippen molar-refractivity contribution in [1.82, 2.24) is 10.2 Å². The molecular weight excluding hydrogens is 248 g/mol. The van der Waals surface area contributed by atoms with E-state index < -0.39 is 4.92 Å². The Kier molecular flexibility index (Phi) is 3.66. The van der Waals surface area contributed by atoms with Crippen LogP contribution in [0.4, 0.5) is 11.4 Å². The summed E-state index contributed by atoms with van der Waals surface area (Å²) in [5, 5.41) is 14.0. The van der Waals surface area contributed by atoms with Crippen LogP contribution in [0.1, 0.15) is 17.3 Å². The Balaban J connectivity index is 2.28. The summed E-state index contributed by atoms with van der Waals surface area (Å²) in [6.45, 7) is 3.84. The molecule has 0 spiro atoms. The number of piperazine rings is 1. The van der Waals surface area contributed by atoms with Crippen molar-refractivity contribution < 1.29 is 9.72 Å². The van der Waals surface area contributed by atoms with E-state index in [2.05, 4.69) is 5.32 Å². The van der Waals surface area contributed by atoms with Crippen LogP contribution in [0.3, 0.4) is 0 Å². The van der Waals surface area contributed by atoms with Crippen LogP contribution >= 0.6 is 0 Å². The molecule has 0 radical (unpaired) electrons. The van der Waals surface area contributed by atoms with Gasteiger partial charge in [0.2, 0.25) is 0 Å². The molecule has 1 aliphatic rings. The van der Waals surface area contributed by atoms with Crippen molar-refractivity contribution >= 4 is 17.3 Å². The lowest BCUT2D eigenvalue weighted by atomic mass is 10.1. The Hall–Kier alpha value is -2.15. The molecule has 1 amide bonds. The van der Waals surface area contributed by atoms with Gasteiger partial charge in [-0.15, -0.1) is 0 Å². The predicted molar refractivity (Wildman–Crippen MR) is 70.9 cm³/mol. The summed E-state index contributed by atoms with van der Waals surface area (Å²) in [5.41, 5.74) is 5.63. The van der Waals surface area contributed by atoms with Crippen molar-refractivity contribution in [3.63, 3.8) is 0 Å². The Morgan fingerprint density at radius 2 is 2.32 bits per heavy atom. The summed E-state index contributed by atoms with van der Waals surface area (Å²) in [6.07, 6.45) is 0. The molecule has 1 fully saturated rings. The number of amides is 1. The van der Waals surface area contributed by atoms with Crippen LogP contribution in [0.5, 0.6) is 0 Å². The van der Waals surface area contributed by atoms with E-state index in [1.54, 1.807) is 4.90 Å². The third-order valence-electron chi connectivity index (χ3n) is 3.17. The first-order chi connectivity index (χ1) is 9.00. The van der Waals surface area contributed by atoms with Gasteiger partial charge in [-0.25, -0.2) is 0 Å². The smallest absolute Gasteiger partial charge is 0.292 e. The van der Waals surface area contributed by atoms with Crippen LogP contribution in [0, 0.1) is 10.1 Å². The second-order valence-corrected chi connectivity index (χ2v) is 4.60. The first kappa shape index (κ1) is 13.3. The lowest BCUT2D eigenvalue weighted by molar-refractivity contribution is -0.383. The summed E-state index contributed by atoms with van der Waals surface area (Å²) in [4.78, 5) is 24.2. The van der Waals surface area contributed by atoms with Crippen LogP contribution in [0.2, 0.25) is 0 Å². The Labute approximate surface area is 110 Å². The van der Waals surface area contributed by atoms with E-state index in [0.717, 1.165) is 0 Å². The van der Waals surface area contributed by atoms with E-state index in [9.17, 15) is 14.9 Å². The zero-order valence-corrected chi connectivity index (χ0v) is 10.6. The first-order valence-electron chi connectivity index (χ1n) is 6.06. The number of nitro benzene ring substituents is 1. The number of benzene rings is 1. The average Bonchev–Trinajstić information content (AvgIpc) is 2.38. The molecule has 0 saturated carbocycles. The van der Waals surface area contributed by atoms with Crippen LogP contribution in [-0.2, 0) is 0 Å². The first-order valence-corrected chi connectivity index (χ1v) is 6.06. The van der Waals surface area contributed by atoms with Gasteiger partial charge in [-0.2, -0.15) is 0 Å². The second-order valence-electron chi connectivity index (χ2n) is 4.60. The fourth-order valence-electron chi connectivity index (χ4n) is 2.19. The Morgan fingerprint density at radius 3 is 2.95 bits per heavy atom. The molecule has 0 aromatic heterocycles. The number of nitrogens with two attached hydrogens (primary N) is 1. The topological polar surface area (TPSA) is 102 Å². The van der Waals surface area contributed by atoms with Gasteiger partial charge in [0, 0.05) is 31.7 Å². The molecule has 3 N–H and O–H groups in total. The van der Waals surface area contributed by atoms with Crippen molar-refractivity contribution in [1.29, 1.82) is 0 Å². The zero-order chi connectivity index (χ0) is 14.0. The van der Waals surface area contributed by atoms with E-state index >= 15 is 0 Å². The molecule has 1 unspecified atom stereocenters. The van der Waals surface area contributed by atoms with Gasteiger partial charge in [0.05, 0.1) is 10.5 Å². The van der Waals surface area contributed by atoms with Crippen LogP contribution < -0.4 is 11.1 Å². The van der Waals surface area contributed by atoms with Crippen LogP contribution in [-0.4, -0.2) is 41.4 Å². The molecule has 1 saturated heterocycles. The number of rotatable bonds is 2. The Morgan fingerprint density at radius 1 is 1.58 bits per heavy atom. The van der Waals surface area contributed by atoms with Crippen molar-refractivity contribution in [3.8, 4) is 0 Å². The molecule has 0 bridgehead atoms. The number of hydrogen-bond donors (Lipinski definition) is 2. The lowest BCUT2D eigenvalue weighted by Crippen LogP contribution is -2.51. The standard InChI is InChI=1S/C12H16N4O3/c1-8-7-15(6-5-14-8)12(17)9-3-2-4-10(11(9)13)16(18)19/h2-4,8,14H,5-7,13H2,1H3. The van der Waals surface area contributed by atoms with Crippen molar-refractivity contribution in [2.45, 2.75) is 13.0 Å². The SMILES string of the molecule is CC1CN(C(=O)c2cccc([N+](=O)[O-])c2N)CCN1. The number of nitrogen functional groups attached to an aromatic ring is 1. The van der Waals surface area contributed by atoms with Crippen LogP contribution in [0.25, 0.3) is 0 Å². The fourth-order valence-corrected chi connectivity index (χ4v) is 2.19. The third-order valence-corrected chi connectivity index (χ3v) is 3.17. The fraction of sp³-hybridized carbons (Fsp3) is 0.417. The number of nitrogens with zero attached hydrogens (tertiary/aromatic N) is 2. The summed E-state index contributed by atoms with van der Waals surface area (Å²) < 4.78 is 0. The lowest BCUT2D eigenvalue weighted by Gasteiger charge is -2.32.